The Morgan fingerprint density at radius 3 is 2.85 bits per heavy atom. The maximum absolute atomic E-state index is 6.15. The highest BCUT2D eigenvalue weighted by Gasteiger charge is 2.11. The summed E-state index contributed by atoms with van der Waals surface area (Å²) < 4.78 is 10.8. The first-order chi connectivity index (χ1) is 9.44. The van der Waals surface area contributed by atoms with Crippen molar-refractivity contribution in [3.05, 3.63) is 47.0 Å². The van der Waals surface area contributed by atoms with E-state index in [0.717, 1.165) is 11.3 Å². The summed E-state index contributed by atoms with van der Waals surface area (Å²) in [4.78, 5) is 4.16. The summed E-state index contributed by atoms with van der Waals surface area (Å²) in [7, 11) is 0. The van der Waals surface area contributed by atoms with Crippen LogP contribution in [0.2, 0.25) is 5.02 Å². The normalized spacial score (nSPS) is 11.6. The molecule has 0 radical (unpaired) electrons. The number of ether oxygens (including phenoxy) is 1. The van der Waals surface area contributed by atoms with Crippen LogP contribution in [0.4, 0.5) is 0 Å². The molecule has 2 rings (SSSR count). The van der Waals surface area contributed by atoms with E-state index in [1.165, 1.54) is 0 Å². The quantitative estimate of drug-likeness (QED) is 0.911. The molecule has 4 nitrogen and oxygen atoms in total. The smallest absolute Gasteiger partial charge is 0.214 e. The van der Waals surface area contributed by atoms with E-state index in [9.17, 15) is 0 Å². The van der Waals surface area contributed by atoms with Crippen LogP contribution in [0.5, 0.6) is 5.88 Å². The molecule has 108 valence electrons. The molecule has 0 spiro atoms. The number of aromatic nitrogens is 1. The molecule has 0 fully saturated rings. The Balaban J connectivity index is 2.00. The molecule has 0 saturated carbocycles. The van der Waals surface area contributed by atoms with Gasteiger partial charge in [-0.05, 0) is 38.5 Å². The summed E-state index contributed by atoms with van der Waals surface area (Å²) in [5.74, 6) is 1.30. The monoisotopic (exact) mass is 294 g/mol. The molecule has 0 aliphatic heterocycles. The minimum absolute atomic E-state index is 0.0296. The van der Waals surface area contributed by atoms with Crippen molar-refractivity contribution >= 4 is 11.6 Å². The van der Waals surface area contributed by atoms with Crippen molar-refractivity contribution in [1.82, 2.24) is 10.3 Å². The van der Waals surface area contributed by atoms with Gasteiger partial charge in [-0.15, -0.1) is 0 Å². The second kappa shape index (κ2) is 6.29. The maximum Gasteiger partial charge on any atom is 0.214 e. The largest absolute Gasteiger partial charge is 0.469 e. The van der Waals surface area contributed by atoms with Gasteiger partial charge in [0, 0.05) is 24.3 Å². The fraction of sp³-hybridized carbons (Fsp3) is 0.400. The van der Waals surface area contributed by atoms with E-state index in [4.69, 9.17) is 20.8 Å². The summed E-state index contributed by atoms with van der Waals surface area (Å²) in [5, 5.41) is 4.02. The fourth-order valence-corrected chi connectivity index (χ4v) is 1.74. The minimum atomic E-state index is 0.0296. The summed E-state index contributed by atoms with van der Waals surface area (Å²) in [5.41, 5.74) is 0.993. The molecule has 2 aromatic heterocycles. The van der Waals surface area contributed by atoms with Crippen molar-refractivity contribution in [1.29, 1.82) is 0 Å². The molecular formula is C15H19ClN2O2. The van der Waals surface area contributed by atoms with Gasteiger partial charge in [0.1, 0.15) is 12.4 Å². The third-order valence-electron chi connectivity index (χ3n) is 2.66. The molecule has 2 heterocycles. The predicted octanol–water partition coefficient (Wildman–Crippen LogP) is 3.80. The van der Waals surface area contributed by atoms with Gasteiger partial charge >= 0.3 is 0 Å². The lowest BCUT2D eigenvalue weighted by Gasteiger charge is -2.21. The van der Waals surface area contributed by atoms with Crippen LogP contribution in [0, 0.1) is 0 Å². The zero-order valence-electron chi connectivity index (χ0n) is 11.9. The van der Waals surface area contributed by atoms with Crippen LogP contribution in [0.3, 0.4) is 0 Å². The van der Waals surface area contributed by atoms with Crippen LogP contribution in [0.25, 0.3) is 0 Å². The third kappa shape index (κ3) is 4.54. The number of hydrogen-bond acceptors (Lipinski definition) is 4. The van der Waals surface area contributed by atoms with E-state index in [-0.39, 0.29) is 5.54 Å². The van der Waals surface area contributed by atoms with Crippen LogP contribution >= 0.6 is 11.6 Å². The van der Waals surface area contributed by atoms with Gasteiger partial charge in [0.25, 0.3) is 0 Å². The van der Waals surface area contributed by atoms with Gasteiger partial charge in [0.2, 0.25) is 5.88 Å². The Labute approximate surface area is 124 Å². The van der Waals surface area contributed by atoms with E-state index < -0.39 is 0 Å². The topological polar surface area (TPSA) is 47.3 Å². The number of halogens is 1. The summed E-state index contributed by atoms with van der Waals surface area (Å²) >= 11 is 6.15. The predicted molar refractivity (Wildman–Crippen MR) is 78.9 cm³/mol. The van der Waals surface area contributed by atoms with Crippen molar-refractivity contribution < 1.29 is 9.15 Å². The Hall–Kier alpha value is -1.52. The molecule has 0 aliphatic rings. The number of furan rings is 1. The Morgan fingerprint density at radius 1 is 1.40 bits per heavy atom. The van der Waals surface area contributed by atoms with Crippen LogP contribution in [0.15, 0.2) is 35.1 Å². The molecule has 0 unspecified atom stereocenters. The second-order valence-corrected chi connectivity index (χ2v) is 5.99. The van der Waals surface area contributed by atoms with E-state index in [0.29, 0.717) is 24.1 Å². The SMILES string of the molecule is CC(C)(C)NCc1cc(OCc2ccco2)ncc1Cl. The lowest BCUT2D eigenvalue weighted by Crippen LogP contribution is -2.35. The molecule has 0 aliphatic carbocycles. The average molecular weight is 295 g/mol. The molecule has 0 bridgehead atoms. The molecule has 5 heteroatoms. The summed E-state index contributed by atoms with van der Waals surface area (Å²) in [6.07, 6.45) is 3.23. The van der Waals surface area contributed by atoms with Crippen molar-refractivity contribution in [3.63, 3.8) is 0 Å². The van der Waals surface area contributed by atoms with Crippen LogP contribution in [0.1, 0.15) is 32.1 Å². The number of nitrogens with zero attached hydrogens (tertiary/aromatic N) is 1. The number of hydrogen-bond donors (Lipinski definition) is 1. The lowest BCUT2D eigenvalue weighted by molar-refractivity contribution is 0.260. The van der Waals surface area contributed by atoms with Gasteiger partial charge in [0.05, 0.1) is 11.3 Å². The van der Waals surface area contributed by atoms with Crippen molar-refractivity contribution in [2.75, 3.05) is 0 Å². The zero-order valence-corrected chi connectivity index (χ0v) is 12.7. The fourth-order valence-electron chi connectivity index (χ4n) is 1.57. The van der Waals surface area contributed by atoms with Gasteiger partial charge in [0.15, 0.2) is 0 Å². The van der Waals surface area contributed by atoms with Crippen molar-refractivity contribution in [2.24, 2.45) is 0 Å². The van der Waals surface area contributed by atoms with Crippen LogP contribution < -0.4 is 10.1 Å². The summed E-state index contributed by atoms with van der Waals surface area (Å²) in [6.45, 7) is 7.35. The number of pyridine rings is 1. The number of nitrogens with one attached hydrogen (secondary N) is 1. The van der Waals surface area contributed by atoms with Gasteiger partial charge in [-0.2, -0.15) is 0 Å². The molecule has 2 aromatic rings. The Bertz CT molecular complexity index is 547. The first-order valence-electron chi connectivity index (χ1n) is 6.49. The first kappa shape index (κ1) is 14.9. The van der Waals surface area contributed by atoms with Gasteiger partial charge in [-0.25, -0.2) is 4.98 Å². The van der Waals surface area contributed by atoms with Crippen LogP contribution in [-0.4, -0.2) is 10.5 Å². The molecule has 0 atom stereocenters. The molecule has 20 heavy (non-hydrogen) atoms. The first-order valence-corrected chi connectivity index (χ1v) is 6.86. The Morgan fingerprint density at radius 2 is 2.20 bits per heavy atom. The Kier molecular flexibility index (Phi) is 4.68. The van der Waals surface area contributed by atoms with Crippen LogP contribution in [-0.2, 0) is 13.2 Å². The summed E-state index contributed by atoms with van der Waals surface area (Å²) in [6, 6.07) is 5.54. The van der Waals surface area contributed by atoms with E-state index in [2.05, 4.69) is 31.1 Å². The second-order valence-electron chi connectivity index (χ2n) is 5.59. The van der Waals surface area contributed by atoms with Gasteiger partial charge in [-0.3, -0.25) is 0 Å². The van der Waals surface area contributed by atoms with E-state index in [1.807, 2.05) is 18.2 Å². The molecule has 1 N–H and O–H groups in total. The zero-order chi connectivity index (χ0) is 14.6. The highest BCUT2D eigenvalue weighted by molar-refractivity contribution is 6.31. The van der Waals surface area contributed by atoms with Crippen molar-refractivity contribution in [2.45, 2.75) is 39.5 Å². The lowest BCUT2D eigenvalue weighted by atomic mass is 10.1. The van der Waals surface area contributed by atoms with Gasteiger partial charge in [-0.1, -0.05) is 11.6 Å². The van der Waals surface area contributed by atoms with Gasteiger partial charge < -0.3 is 14.5 Å². The standard InChI is InChI=1S/C15H19ClN2O2/c1-15(2,3)18-8-11-7-14(17-9-13(11)16)20-10-12-5-4-6-19-12/h4-7,9,18H,8,10H2,1-3H3. The maximum atomic E-state index is 6.15. The number of rotatable bonds is 5. The molecule has 0 amide bonds. The highest BCUT2D eigenvalue weighted by Crippen LogP contribution is 2.20. The van der Waals surface area contributed by atoms with E-state index in [1.54, 1.807) is 12.5 Å². The third-order valence-corrected chi connectivity index (χ3v) is 3.00. The molecular weight excluding hydrogens is 276 g/mol. The van der Waals surface area contributed by atoms with E-state index >= 15 is 0 Å². The van der Waals surface area contributed by atoms with Crippen molar-refractivity contribution in [3.8, 4) is 5.88 Å². The molecule has 0 saturated heterocycles. The molecule has 0 aromatic carbocycles. The highest BCUT2D eigenvalue weighted by atomic mass is 35.5. The minimum Gasteiger partial charge on any atom is -0.469 e. The average Bonchev–Trinajstić information content (AvgIpc) is 2.88.